The molecule has 0 fully saturated rings. The third kappa shape index (κ3) is 3.89. The molecule has 0 bridgehead atoms. The van der Waals surface area contributed by atoms with Gasteiger partial charge in [0.05, 0.1) is 24.3 Å². The molecule has 2 aromatic heterocycles. The van der Waals surface area contributed by atoms with Crippen LogP contribution in [0.1, 0.15) is 28.9 Å². The van der Waals surface area contributed by atoms with Crippen LogP contribution < -0.4 is 5.32 Å². The molecule has 0 radical (unpaired) electrons. The summed E-state index contributed by atoms with van der Waals surface area (Å²) in [5, 5.41) is 7.65. The Balaban J connectivity index is 1.44. The number of fused-ring (bicyclic) bond motifs is 1. The Morgan fingerprint density at radius 3 is 2.74 bits per heavy atom. The quantitative estimate of drug-likeness (QED) is 0.484. The number of hydrogen-bond donors (Lipinski definition) is 2. The van der Waals surface area contributed by atoms with E-state index < -0.39 is 6.04 Å². The molecule has 2 aromatic carbocycles. The number of H-pyrrole nitrogens is 1. The minimum Gasteiger partial charge on any atom is -0.347 e. The molecular formula is C22H19ClN6O2. The number of urea groups is 1. The molecule has 1 atom stereocenters. The first-order valence-corrected chi connectivity index (χ1v) is 10.2. The van der Waals surface area contributed by atoms with E-state index in [1.807, 2.05) is 31.2 Å². The van der Waals surface area contributed by atoms with Gasteiger partial charge in [-0.3, -0.25) is 0 Å². The molecule has 3 heterocycles. The highest BCUT2D eigenvalue weighted by atomic mass is 35.5. The Kier molecular flexibility index (Phi) is 4.91. The number of aryl methyl sites for hydroxylation is 1. The molecule has 0 aliphatic carbocycles. The maximum Gasteiger partial charge on any atom is 0.322 e. The Labute approximate surface area is 183 Å². The van der Waals surface area contributed by atoms with Gasteiger partial charge in [-0.25, -0.2) is 9.78 Å². The molecule has 2 amide bonds. The van der Waals surface area contributed by atoms with Gasteiger partial charge >= 0.3 is 6.03 Å². The number of imidazole rings is 1. The van der Waals surface area contributed by atoms with E-state index >= 15 is 0 Å². The van der Waals surface area contributed by atoms with Crippen molar-refractivity contribution in [3.63, 3.8) is 0 Å². The molecule has 1 aliphatic rings. The zero-order chi connectivity index (χ0) is 21.4. The normalized spacial score (nSPS) is 15.5. The van der Waals surface area contributed by atoms with Crippen molar-refractivity contribution >= 4 is 23.3 Å². The number of rotatable bonds is 3. The second-order valence-corrected chi connectivity index (χ2v) is 7.87. The summed E-state index contributed by atoms with van der Waals surface area (Å²) in [6.07, 6.45) is 2.11. The van der Waals surface area contributed by atoms with Crippen LogP contribution >= 0.6 is 11.6 Å². The summed E-state index contributed by atoms with van der Waals surface area (Å²) in [5.41, 5.74) is 4.43. The van der Waals surface area contributed by atoms with Gasteiger partial charge in [-0.2, -0.15) is 4.98 Å². The van der Waals surface area contributed by atoms with E-state index in [9.17, 15) is 4.79 Å². The van der Waals surface area contributed by atoms with Crippen LogP contribution in [0.15, 0.2) is 59.4 Å². The van der Waals surface area contributed by atoms with E-state index in [1.54, 1.807) is 35.5 Å². The summed E-state index contributed by atoms with van der Waals surface area (Å²) >= 11 is 5.94. The molecule has 0 saturated heterocycles. The van der Waals surface area contributed by atoms with E-state index in [4.69, 9.17) is 16.1 Å². The number of benzene rings is 2. The Morgan fingerprint density at radius 1 is 1.19 bits per heavy atom. The average Bonchev–Trinajstić information content (AvgIpc) is 3.44. The lowest BCUT2D eigenvalue weighted by atomic mass is 10.0. The molecule has 0 unspecified atom stereocenters. The summed E-state index contributed by atoms with van der Waals surface area (Å²) in [6, 6.07) is 14.1. The number of hydrogen-bond acceptors (Lipinski definition) is 5. The molecule has 9 heteroatoms. The van der Waals surface area contributed by atoms with Crippen LogP contribution in [0, 0.1) is 6.92 Å². The predicted octanol–water partition coefficient (Wildman–Crippen LogP) is 4.75. The van der Waals surface area contributed by atoms with Crippen molar-refractivity contribution in [1.29, 1.82) is 0 Å². The molecule has 156 valence electrons. The molecule has 8 nitrogen and oxygen atoms in total. The maximum absolute atomic E-state index is 13.1. The molecule has 5 rings (SSSR count). The number of anilines is 1. The monoisotopic (exact) mass is 434 g/mol. The number of amides is 2. The van der Waals surface area contributed by atoms with Crippen LogP contribution in [-0.2, 0) is 13.0 Å². The van der Waals surface area contributed by atoms with Crippen LogP contribution in [0.25, 0.3) is 11.4 Å². The van der Waals surface area contributed by atoms with Crippen molar-refractivity contribution in [1.82, 2.24) is 25.0 Å². The van der Waals surface area contributed by atoms with E-state index in [0.717, 1.165) is 22.5 Å². The minimum absolute atomic E-state index is 0.275. The summed E-state index contributed by atoms with van der Waals surface area (Å²) < 4.78 is 5.59. The smallest absolute Gasteiger partial charge is 0.322 e. The summed E-state index contributed by atoms with van der Waals surface area (Å²) in [4.78, 5) is 26.9. The van der Waals surface area contributed by atoms with Crippen molar-refractivity contribution < 1.29 is 9.32 Å². The third-order valence-electron chi connectivity index (χ3n) is 5.29. The Hall–Kier alpha value is -3.65. The summed E-state index contributed by atoms with van der Waals surface area (Å²) in [5.74, 6) is 0.858. The maximum atomic E-state index is 13.1. The Bertz CT molecular complexity index is 1220. The van der Waals surface area contributed by atoms with Crippen LogP contribution in [0.4, 0.5) is 10.5 Å². The van der Waals surface area contributed by atoms with Crippen molar-refractivity contribution in [3.05, 3.63) is 82.7 Å². The first kappa shape index (κ1) is 19.3. The minimum atomic E-state index is -0.435. The third-order valence-corrected chi connectivity index (χ3v) is 5.54. The van der Waals surface area contributed by atoms with Gasteiger partial charge < -0.3 is 19.7 Å². The van der Waals surface area contributed by atoms with E-state index in [0.29, 0.717) is 35.4 Å². The van der Waals surface area contributed by atoms with E-state index in [2.05, 4.69) is 25.4 Å². The van der Waals surface area contributed by atoms with Crippen LogP contribution in [0.5, 0.6) is 0 Å². The van der Waals surface area contributed by atoms with Gasteiger partial charge in [-0.15, -0.1) is 0 Å². The molecule has 0 spiro atoms. The van der Waals surface area contributed by atoms with Crippen molar-refractivity contribution in [2.24, 2.45) is 0 Å². The van der Waals surface area contributed by atoms with Gasteiger partial charge in [-0.05, 0) is 31.2 Å². The molecule has 0 saturated carbocycles. The predicted molar refractivity (Wildman–Crippen MR) is 116 cm³/mol. The lowest BCUT2D eigenvalue weighted by Gasteiger charge is -2.32. The number of nitrogens with one attached hydrogen (secondary N) is 2. The Morgan fingerprint density at radius 2 is 1.97 bits per heavy atom. The van der Waals surface area contributed by atoms with Crippen LogP contribution in [0.3, 0.4) is 0 Å². The van der Waals surface area contributed by atoms with E-state index in [1.165, 1.54) is 0 Å². The van der Waals surface area contributed by atoms with Gasteiger partial charge in [0.25, 0.3) is 0 Å². The molecular weight excluding hydrogens is 416 g/mol. The number of carbonyl (C=O) groups excluding carboxylic acids is 1. The van der Waals surface area contributed by atoms with Crippen molar-refractivity contribution in [2.45, 2.75) is 25.9 Å². The zero-order valence-electron chi connectivity index (χ0n) is 16.7. The average molecular weight is 435 g/mol. The fourth-order valence-corrected chi connectivity index (χ4v) is 3.71. The lowest BCUT2D eigenvalue weighted by Crippen LogP contribution is -2.41. The van der Waals surface area contributed by atoms with Crippen molar-refractivity contribution in [3.8, 4) is 11.4 Å². The van der Waals surface area contributed by atoms with Crippen LogP contribution in [-0.4, -0.2) is 31.0 Å². The fourth-order valence-electron chi connectivity index (χ4n) is 3.59. The number of aromatic nitrogens is 4. The number of carbonyl (C=O) groups is 1. The second kappa shape index (κ2) is 7.88. The zero-order valence-corrected chi connectivity index (χ0v) is 17.4. The van der Waals surface area contributed by atoms with Gasteiger partial charge in [0.15, 0.2) is 0 Å². The number of aromatic amines is 1. The highest BCUT2D eigenvalue weighted by Gasteiger charge is 2.36. The van der Waals surface area contributed by atoms with Crippen molar-refractivity contribution in [2.75, 3.05) is 5.32 Å². The topological polar surface area (TPSA) is 99.9 Å². The highest BCUT2D eigenvalue weighted by Crippen LogP contribution is 2.32. The lowest BCUT2D eigenvalue weighted by molar-refractivity contribution is 0.155. The largest absolute Gasteiger partial charge is 0.347 e. The number of halogens is 1. The van der Waals surface area contributed by atoms with Gasteiger partial charge in [0.2, 0.25) is 11.7 Å². The molecule has 2 N–H and O–H groups in total. The first-order chi connectivity index (χ1) is 15.1. The number of nitrogens with zero attached hydrogens (tertiary/aromatic N) is 4. The fraction of sp³-hybridized carbons (Fsp3) is 0.182. The second-order valence-electron chi connectivity index (χ2n) is 7.43. The summed E-state index contributed by atoms with van der Waals surface area (Å²) in [6.45, 7) is 2.37. The van der Waals surface area contributed by atoms with Crippen LogP contribution in [0.2, 0.25) is 5.02 Å². The SMILES string of the molecule is Cc1ccc(-c2noc([C@@H]3Cc4nc[nH]c4CN3C(=O)Nc3ccc(Cl)cc3)n2)cc1. The standard InChI is InChI=1S/C22H19ClN6O2/c1-13-2-4-14(5-3-13)20-27-21(31-28-20)19-10-17-18(25-12-24-17)11-29(19)22(30)26-16-8-6-15(23)7-9-16/h2-9,12,19H,10-11H2,1H3,(H,24,25)(H,26,30)/t19-/m0/s1. The van der Waals surface area contributed by atoms with E-state index in [-0.39, 0.29) is 6.03 Å². The highest BCUT2D eigenvalue weighted by molar-refractivity contribution is 6.30. The molecule has 4 aromatic rings. The van der Waals surface area contributed by atoms with Gasteiger partial charge in [0, 0.05) is 22.7 Å². The van der Waals surface area contributed by atoms with Gasteiger partial charge in [-0.1, -0.05) is 46.6 Å². The molecule has 1 aliphatic heterocycles. The van der Waals surface area contributed by atoms with Gasteiger partial charge in [0.1, 0.15) is 6.04 Å². The first-order valence-electron chi connectivity index (χ1n) is 9.82. The summed E-state index contributed by atoms with van der Waals surface area (Å²) in [7, 11) is 0. The molecule has 31 heavy (non-hydrogen) atoms.